The molecule has 0 spiro atoms. The number of nitrogens with zero attached hydrogens (tertiary/aromatic N) is 4. The van der Waals surface area contributed by atoms with Gasteiger partial charge in [0.15, 0.2) is 0 Å². The SMILES string of the molecule is CC(C)CN(Cc1cnn(C)c1)C(=O)c1ccno1. The van der Waals surface area contributed by atoms with Gasteiger partial charge in [0.25, 0.3) is 5.91 Å². The van der Waals surface area contributed by atoms with Crippen molar-refractivity contribution in [1.82, 2.24) is 19.8 Å². The summed E-state index contributed by atoms with van der Waals surface area (Å²) in [4.78, 5) is 14.1. The summed E-state index contributed by atoms with van der Waals surface area (Å²) in [5, 5.41) is 7.69. The molecule has 2 rings (SSSR count). The van der Waals surface area contributed by atoms with Crippen LogP contribution in [0.25, 0.3) is 0 Å². The lowest BCUT2D eigenvalue weighted by Gasteiger charge is -2.22. The van der Waals surface area contributed by atoms with Gasteiger partial charge in [-0.25, -0.2) is 0 Å². The van der Waals surface area contributed by atoms with Gasteiger partial charge in [0.05, 0.1) is 12.4 Å². The van der Waals surface area contributed by atoms with Crippen LogP contribution in [-0.4, -0.2) is 32.3 Å². The van der Waals surface area contributed by atoms with Crippen molar-refractivity contribution in [2.45, 2.75) is 20.4 Å². The molecule has 0 fully saturated rings. The second-order valence-corrected chi connectivity index (χ2v) is 4.98. The summed E-state index contributed by atoms with van der Waals surface area (Å²) >= 11 is 0. The number of hydrogen-bond donors (Lipinski definition) is 0. The normalized spacial score (nSPS) is 10.9. The second-order valence-electron chi connectivity index (χ2n) is 4.98. The first-order valence-corrected chi connectivity index (χ1v) is 6.23. The van der Waals surface area contributed by atoms with Gasteiger partial charge in [-0.15, -0.1) is 0 Å². The minimum absolute atomic E-state index is 0.143. The maximum Gasteiger partial charge on any atom is 0.292 e. The third-order valence-corrected chi connectivity index (χ3v) is 2.65. The molecule has 0 bridgehead atoms. The van der Waals surface area contributed by atoms with E-state index in [1.54, 1.807) is 21.8 Å². The summed E-state index contributed by atoms with van der Waals surface area (Å²) in [5.41, 5.74) is 0.996. The zero-order valence-corrected chi connectivity index (χ0v) is 11.4. The Hall–Kier alpha value is -2.11. The summed E-state index contributed by atoms with van der Waals surface area (Å²) < 4.78 is 6.66. The average Bonchev–Trinajstić information content (AvgIpc) is 2.98. The molecule has 6 heteroatoms. The van der Waals surface area contributed by atoms with Crippen LogP contribution in [-0.2, 0) is 13.6 Å². The minimum Gasteiger partial charge on any atom is -0.351 e. The molecule has 0 saturated heterocycles. The molecule has 102 valence electrons. The topological polar surface area (TPSA) is 64.2 Å². The number of aromatic nitrogens is 3. The second kappa shape index (κ2) is 5.69. The summed E-state index contributed by atoms with van der Waals surface area (Å²) in [5.74, 6) is 0.503. The van der Waals surface area contributed by atoms with Crippen LogP contribution in [0.3, 0.4) is 0 Å². The van der Waals surface area contributed by atoms with Crippen molar-refractivity contribution < 1.29 is 9.32 Å². The molecule has 0 N–H and O–H groups in total. The number of aryl methyl sites for hydroxylation is 1. The zero-order valence-electron chi connectivity index (χ0n) is 11.4. The van der Waals surface area contributed by atoms with E-state index in [0.29, 0.717) is 19.0 Å². The summed E-state index contributed by atoms with van der Waals surface area (Å²) in [6.45, 7) is 5.33. The van der Waals surface area contributed by atoms with Gasteiger partial charge >= 0.3 is 0 Å². The van der Waals surface area contributed by atoms with E-state index in [0.717, 1.165) is 5.56 Å². The van der Waals surface area contributed by atoms with E-state index in [9.17, 15) is 4.79 Å². The molecule has 19 heavy (non-hydrogen) atoms. The monoisotopic (exact) mass is 262 g/mol. The molecule has 2 aromatic heterocycles. The van der Waals surface area contributed by atoms with Crippen LogP contribution in [0.1, 0.15) is 30.0 Å². The van der Waals surface area contributed by atoms with Crippen LogP contribution in [0.5, 0.6) is 0 Å². The van der Waals surface area contributed by atoms with E-state index in [-0.39, 0.29) is 11.7 Å². The zero-order chi connectivity index (χ0) is 13.8. The molecule has 2 aromatic rings. The molecule has 0 aliphatic carbocycles. The predicted molar refractivity (Wildman–Crippen MR) is 69.3 cm³/mol. The van der Waals surface area contributed by atoms with Crippen LogP contribution >= 0.6 is 0 Å². The molecular weight excluding hydrogens is 244 g/mol. The standard InChI is InChI=1S/C13H18N4O2/c1-10(2)7-17(9-11-6-14-16(3)8-11)13(18)12-4-5-15-19-12/h4-6,8,10H,7,9H2,1-3H3. The Morgan fingerprint density at radius 2 is 2.32 bits per heavy atom. The molecule has 0 aliphatic heterocycles. The first-order valence-electron chi connectivity index (χ1n) is 6.23. The largest absolute Gasteiger partial charge is 0.351 e. The highest BCUT2D eigenvalue weighted by Crippen LogP contribution is 2.11. The first kappa shape index (κ1) is 13.3. The molecule has 0 saturated carbocycles. The van der Waals surface area contributed by atoms with Crippen LogP contribution in [0.4, 0.5) is 0 Å². The van der Waals surface area contributed by atoms with Crippen molar-refractivity contribution in [3.8, 4) is 0 Å². The Kier molecular flexibility index (Phi) is 3.99. The fraction of sp³-hybridized carbons (Fsp3) is 0.462. The van der Waals surface area contributed by atoms with Crippen LogP contribution < -0.4 is 0 Å². The lowest BCUT2D eigenvalue weighted by Crippen LogP contribution is -2.33. The maximum atomic E-state index is 12.3. The number of carbonyl (C=O) groups is 1. The maximum absolute atomic E-state index is 12.3. The molecule has 0 radical (unpaired) electrons. The Morgan fingerprint density at radius 3 is 2.84 bits per heavy atom. The van der Waals surface area contributed by atoms with E-state index in [1.165, 1.54) is 6.20 Å². The summed E-state index contributed by atoms with van der Waals surface area (Å²) in [6, 6.07) is 1.58. The Bertz CT molecular complexity index is 531. The van der Waals surface area contributed by atoms with Gasteiger partial charge in [-0.3, -0.25) is 9.48 Å². The fourth-order valence-electron chi connectivity index (χ4n) is 1.92. The van der Waals surface area contributed by atoms with Crippen molar-refractivity contribution in [3.05, 3.63) is 36.0 Å². The lowest BCUT2D eigenvalue weighted by molar-refractivity contribution is 0.0680. The van der Waals surface area contributed by atoms with Crippen LogP contribution in [0.2, 0.25) is 0 Å². The van der Waals surface area contributed by atoms with Crippen LogP contribution in [0.15, 0.2) is 29.2 Å². The van der Waals surface area contributed by atoms with E-state index >= 15 is 0 Å². The van der Waals surface area contributed by atoms with Crippen molar-refractivity contribution in [2.75, 3.05) is 6.54 Å². The van der Waals surface area contributed by atoms with E-state index < -0.39 is 0 Å². The van der Waals surface area contributed by atoms with Gasteiger partial charge in [-0.2, -0.15) is 5.10 Å². The molecular formula is C13H18N4O2. The number of hydrogen-bond acceptors (Lipinski definition) is 4. The molecule has 1 amide bonds. The molecule has 2 heterocycles. The number of rotatable bonds is 5. The van der Waals surface area contributed by atoms with E-state index in [2.05, 4.69) is 24.1 Å². The van der Waals surface area contributed by atoms with Crippen LogP contribution in [0, 0.1) is 5.92 Å². The van der Waals surface area contributed by atoms with Crippen molar-refractivity contribution >= 4 is 5.91 Å². The Labute approximate surface area is 112 Å². The highest BCUT2D eigenvalue weighted by atomic mass is 16.5. The lowest BCUT2D eigenvalue weighted by atomic mass is 10.2. The Morgan fingerprint density at radius 1 is 1.53 bits per heavy atom. The third kappa shape index (κ3) is 3.43. The molecule has 0 atom stereocenters. The molecule has 6 nitrogen and oxygen atoms in total. The highest BCUT2D eigenvalue weighted by Gasteiger charge is 2.20. The fourth-order valence-corrected chi connectivity index (χ4v) is 1.92. The molecule has 0 unspecified atom stereocenters. The van der Waals surface area contributed by atoms with Gasteiger partial charge in [0, 0.05) is 38.0 Å². The number of amides is 1. The first-order chi connectivity index (χ1) is 9.06. The summed E-state index contributed by atoms with van der Waals surface area (Å²) in [6.07, 6.45) is 5.15. The Balaban J connectivity index is 2.13. The van der Waals surface area contributed by atoms with Gasteiger partial charge < -0.3 is 9.42 Å². The minimum atomic E-state index is -0.143. The van der Waals surface area contributed by atoms with Gasteiger partial charge in [0.2, 0.25) is 5.76 Å². The van der Waals surface area contributed by atoms with Gasteiger partial charge in [0.1, 0.15) is 0 Å². The smallest absolute Gasteiger partial charge is 0.292 e. The predicted octanol–water partition coefficient (Wildman–Crippen LogP) is 1.71. The summed E-state index contributed by atoms with van der Waals surface area (Å²) in [7, 11) is 1.86. The van der Waals surface area contributed by atoms with Crippen molar-refractivity contribution in [2.24, 2.45) is 13.0 Å². The van der Waals surface area contributed by atoms with Crippen molar-refractivity contribution in [1.29, 1.82) is 0 Å². The van der Waals surface area contributed by atoms with Gasteiger partial charge in [-0.1, -0.05) is 19.0 Å². The van der Waals surface area contributed by atoms with E-state index in [4.69, 9.17) is 4.52 Å². The highest BCUT2D eigenvalue weighted by molar-refractivity contribution is 5.91. The third-order valence-electron chi connectivity index (χ3n) is 2.65. The molecule has 0 aliphatic rings. The average molecular weight is 262 g/mol. The molecule has 0 aromatic carbocycles. The van der Waals surface area contributed by atoms with E-state index in [1.807, 2.05) is 13.2 Å². The van der Waals surface area contributed by atoms with Gasteiger partial charge in [-0.05, 0) is 5.92 Å². The quantitative estimate of drug-likeness (QED) is 0.822. The number of carbonyl (C=O) groups excluding carboxylic acids is 1. The van der Waals surface area contributed by atoms with Crippen molar-refractivity contribution in [3.63, 3.8) is 0 Å².